The largest absolute Gasteiger partial charge is 0.110 e. The maximum Gasteiger partial charge on any atom is 0.0741 e. The first-order valence-electron chi connectivity index (χ1n) is 2.81. The third-order valence-electron chi connectivity index (χ3n) is 1.17. The molecule has 0 radical (unpaired) electrons. The second kappa shape index (κ2) is 3.18. The first kappa shape index (κ1) is 7.03. The molecule has 1 aliphatic rings. The monoisotopic (exact) mass is 156 g/mol. The minimum atomic E-state index is 0.936. The number of thioether (sulfide) groups is 1. The average molecular weight is 156 g/mol. The SMILES string of the molecule is C=CCC1=CCSC1=S. The van der Waals surface area contributed by atoms with E-state index < -0.39 is 0 Å². The first-order valence-corrected chi connectivity index (χ1v) is 4.21. The molecular formula is C7H8S2. The molecule has 0 unspecified atom stereocenters. The molecule has 1 rings (SSSR count). The number of thiocarbonyl (C=S) groups is 1. The highest BCUT2D eigenvalue weighted by atomic mass is 32.2. The van der Waals surface area contributed by atoms with Crippen LogP contribution in [-0.2, 0) is 0 Å². The molecule has 0 atom stereocenters. The molecule has 0 aromatic carbocycles. The maximum atomic E-state index is 5.05. The van der Waals surface area contributed by atoms with E-state index in [1.54, 1.807) is 11.8 Å². The standard InChI is InChI=1S/C7H8S2/c1-2-3-6-4-5-9-7(6)8/h2,4H,1,3,5H2. The van der Waals surface area contributed by atoms with Crippen LogP contribution in [0.15, 0.2) is 24.3 Å². The molecule has 0 aliphatic carbocycles. The van der Waals surface area contributed by atoms with E-state index >= 15 is 0 Å². The molecular weight excluding hydrogens is 148 g/mol. The lowest BCUT2D eigenvalue weighted by Crippen LogP contribution is -1.84. The van der Waals surface area contributed by atoms with Crippen LogP contribution in [0.4, 0.5) is 0 Å². The predicted molar refractivity (Wildman–Crippen MR) is 48.0 cm³/mol. The molecule has 0 aromatic heterocycles. The Hall–Kier alpha value is -0.0800. The third-order valence-corrected chi connectivity index (χ3v) is 2.64. The van der Waals surface area contributed by atoms with Gasteiger partial charge in [-0.3, -0.25) is 0 Å². The summed E-state index contributed by atoms with van der Waals surface area (Å²) < 4.78 is 1.05. The molecule has 0 amide bonds. The molecule has 1 heterocycles. The minimum Gasteiger partial charge on any atom is -0.110 e. The molecule has 0 nitrogen and oxygen atoms in total. The summed E-state index contributed by atoms with van der Waals surface area (Å²) in [4.78, 5) is 0. The Bertz CT molecular complexity index is 168. The van der Waals surface area contributed by atoms with Gasteiger partial charge in [0.15, 0.2) is 0 Å². The van der Waals surface area contributed by atoms with Gasteiger partial charge in [-0.2, -0.15) is 0 Å². The van der Waals surface area contributed by atoms with Gasteiger partial charge in [-0.1, -0.05) is 24.4 Å². The lowest BCUT2D eigenvalue weighted by atomic mass is 10.2. The van der Waals surface area contributed by atoms with Gasteiger partial charge in [0.2, 0.25) is 0 Å². The Balaban J connectivity index is 2.57. The molecule has 0 fully saturated rings. The van der Waals surface area contributed by atoms with Gasteiger partial charge in [0.25, 0.3) is 0 Å². The summed E-state index contributed by atoms with van der Waals surface area (Å²) >= 11 is 6.79. The van der Waals surface area contributed by atoms with E-state index in [-0.39, 0.29) is 0 Å². The summed E-state index contributed by atoms with van der Waals surface area (Å²) in [6.07, 6.45) is 5.00. The van der Waals surface area contributed by atoms with Crippen LogP contribution in [-0.4, -0.2) is 9.95 Å². The minimum absolute atomic E-state index is 0.936. The van der Waals surface area contributed by atoms with Gasteiger partial charge >= 0.3 is 0 Å². The summed E-state index contributed by atoms with van der Waals surface area (Å²) in [5, 5.41) is 0. The van der Waals surface area contributed by atoms with Crippen LogP contribution in [0.5, 0.6) is 0 Å². The molecule has 9 heavy (non-hydrogen) atoms. The van der Waals surface area contributed by atoms with E-state index in [0.717, 1.165) is 16.4 Å². The fraction of sp³-hybridized carbons (Fsp3) is 0.286. The molecule has 0 saturated heterocycles. The quantitative estimate of drug-likeness (QED) is 0.445. The number of rotatable bonds is 2. The zero-order valence-corrected chi connectivity index (χ0v) is 6.73. The third kappa shape index (κ3) is 1.66. The van der Waals surface area contributed by atoms with Gasteiger partial charge in [0.1, 0.15) is 0 Å². The smallest absolute Gasteiger partial charge is 0.0741 e. The normalized spacial score (nSPS) is 17.8. The zero-order chi connectivity index (χ0) is 6.69. The van der Waals surface area contributed by atoms with Crippen LogP contribution in [0.2, 0.25) is 0 Å². The van der Waals surface area contributed by atoms with E-state index in [9.17, 15) is 0 Å². The van der Waals surface area contributed by atoms with Crippen molar-refractivity contribution in [1.82, 2.24) is 0 Å². The van der Waals surface area contributed by atoms with Crippen LogP contribution in [0.25, 0.3) is 0 Å². The van der Waals surface area contributed by atoms with Crippen molar-refractivity contribution in [1.29, 1.82) is 0 Å². The van der Waals surface area contributed by atoms with Gasteiger partial charge in [-0.15, -0.1) is 18.3 Å². The van der Waals surface area contributed by atoms with Crippen molar-refractivity contribution < 1.29 is 0 Å². The highest BCUT2D eigenvalue weighted by Crippen LogP contribution is 2.23. The van der Waals surface area contributed by atoms with Crippen molar-refractivity contribution in [2.75, 3.05) is 5.75 Å². The second-order valence-electron chi connectivity index (χ2n) is 1.82. The fourth-order valence-corrected chi connectivity index (χ4v) is 1.87. The van der Waals surface area contributed by atoms with Crippen LogP contribution < -0.4 is 0 Å². The molecule has 2 heteroatoms. The summed E-state index contributed by atoms with van der Waals surface area (Å²) in [5.41, 5.74) is 1.28. The Kier molecular flexibility index (Phi) is 2.49. The van der Waals surface area contributed by atoms with Crippen LogP contribution in [0.1, 0.15) is 6.42 Å². The van der Waals surface area contributed by atoms with E-state index in [1.165, 1.54) is 5.57 Å². The van der Waals surface area contributed by atoms with Gasteiger partial charge in [-0.05, 0) is 12.0 Å². The van der Waals surface area contributed by atoms with Crippen molar-refractivity contribution in [2.24, 2.45) is 0 Å². The van der Waals surface area contributed by atoms with Gasteiger partial charge in [-0.25, -0.2) is 0 Å². The molecule has 0 aromatic rings. The Morgan fingerprint density at radius 1 is 1.89 bits per heavy atom. The van der Waals surface area contributed by atoms with Crippen molar-refractivity contribution >= 4 is 28.2 Å². The molecule has 0 spiro atoms. The van der Waals surface area contributed by atoms with Gasteiger partial charge in [0.05, 0.1) is 4.20 Å². The second-order valence-corrected chi connectivity index (χ2v) is 3.52. The van der Waals surface area contributed by atoms with Crippen molar-refractivity contribution in [3.63, 3.8) is 0 Å². The van der Waals surface area contributed by atoms with Crippen LogP contribution in [0.3, 0.4) is 0 Å². The Morgan fingerprint density at radius 3 is 3.11 bits per heavy atom. The number of allylic oxidation sites excluding steroid dienone is 1. The van der Waals surface area contributed by atoms with Crippen molar-refractivity contribution in [3.05, 3.63) is 24.3 Å². The lowest BCUT2D eigenvalue weighted by Gasteiger charge is -1.93. The number of hydrogen-bond acceptors (Lipinski definition) is 2. The fourth-order valence-electron chi connectivity index (χ4n) is 0.716. The number of hydrogen-bond donors (Lipinski definition) is 0. The molecule has 0 saturated carbocycles. The highest BCUT2D eigenvalue weighted by molar-refractivity contribution is 8.24. The molecule has 0 bridgehead atoms. The lowest BCUT2D eigenvalue weighted by molar-refractivity contribution is 1.34. The van der Waals surface area contributed by atoms with Gasteiger partial charge < -0.3 is 0 Å². The Morgan fingerprint density at radius 2 is 2.67 bits per heavy atom. The summed E-state index contributed by atoms with van der Waals surface area (Å²) in [6.45, 7) is 3.65. The average Bonchev–Trinajstić information content (AvgIpc) is 2.18. The Labute approximate surface area is 65.0 Å². The summed E-state index contributed by atoms with van der Waals surface area (Å²) in [7, 11) is 0. The summed E-state index contributed by atoms with van der Waals surface area (Å²) in [6, 6.07) is 0. The predicted octanol–water partition coefficient (Wildman–Crippen LogP) is 2.56. The van der Waals surface area contributed by atoms with Crippen LogP contribution >= 0.6 is 24.0 Å². The molecule has 48 valence electrons. The molecule has 0 N–H and O–H groups in total. The van der Waals surface area contributed by atoms with Crippen molar-refractivity contribution in [2.45, 2.75) is 6.42 Å². The molecule has 1 aliphatic heterocycles. The van der Waals surface area contributed by atoms with E-state index in [2.05, 4.69) is 12.7 Å². The van der Waals surface area contributed by atoms with E-state index in [0.29, 0.717) is 0 Å². The van der Waals surface area contributed by atoms with Crippen LogP contribution in [0, 0.1) is 0 Å². The zero-order valence-electron chi connectivity index (χ0n) is 5.09. The highest BCUT2D eigenvalue weighted by Gasteiger charge is 2.08. The topological polar surface area (TPSA) is 0 Å². The van der Waals surface area contributed by atoms with E-state index in [1.807, 2.05) is 6.08 Å². The van der Waals surface area contributed by atoms with Crippen molar-refractivity contribution in [3.8, 4) is 0 Å². The van der Waals surface area contributed by atoms with Gasteiger partial charge in [0, 0.05) is 5.75 Å². The summed E-state index contributed by atoms with van der Waals surface area (Å²) in [5.74, 6) is 1.06. The maximum absolute atomic E-state index is 5.05. The first-order chi connectivity index (χ1) is 4.34. The van der Waals surface area contributed by atoms with E-state index in [4.69, 9.17) is 12.2 Å².